The van der Waals surface area contributed by atoms with Gasteiger partial charge in [-0.25, -0.2) is 4.39 Å². The molecule has 0 saturated heterocycles. The van der Waals surface area contributed by atoms with Crippen LogP contribution in [-0.2, 0) is 0 Å². The molecule has 7 heteroatoms. The second-order valence-corrected chi connectivity index (χ2v) is 3.68. The van der Waals surface area contributed by atoms with E-state index in [9.17, 15) is 19.3 Å². The molecule has 1 amide bonds. The number of hydrogen-bond acceptors (Lipinski definition) is 4. The minimum Gasteiger partial charge on any atom is -0.395 e. The van der Waals surface area contributed by atoms with Gasteiger partial charge in [-0.1, -0.05) is 6.08 Å². The Labute approximate surface area is 108 Å². The fourth-order valence-corrected chi connectivity index (χ4v) is 1.51. The van der Waals surface area contributed by atoms with E-state index in [-0.39, 0.29) is 25.3 Å². The molecular weight excluding hydrogens is 255 g/mol. The molecule has 1 aromatic rings. The Kier molecular flexibility index (Phi) is 5.13. The van der Waals surface area contributed by atoms with Crippen molar-refractivity contribution in [1.29, 1.82) is 0 Å². The maximum Gasteiger partial charge on any atom is 0.272 e. The van der Waals surface area contributed by atoms with Gasteiger partial charge in [0.1, 0.15) is 5.82 Å². The highest BCUT2D eigenvalue weighted by molar-refractivity contribution is 5.94. The summed E-state index contributed by atoms with van der Waals surface area (Å²) < 4.78 is 13.7. The van der Waals surface area contributed by atoms with E-state index in [1.807, 2.05) is 0 Å². The van der Waals surface area contributed by atoms with Gasteiger partial charge in [-0.2, -0.15) is 0 Å². The van der Waals surface area contributed by atoms with E-state index in [0.717, 1.165) is 12.1 Å². The zero-order chi connectivity index (χ0) is 14.4. The molecule has 1 rings (SSSR count). The number of hydrogen-bond donors (Lipinski definition) is 1. The lowest BCUT2D eigenvalue weighted by atomic mass is 10.1. The number of amides is 1. The summed E-state index contributed by atoms with van der Waals surface area (Å²) in [5.74, 6) is -1.62. The van der Waals surface area contributed by atoms with Gasteiger partial charge >= 0.3 is 0 Å². The van der Waals surface area contributed by atoms with Crippen molar-refractivity contribution in [1.82, 2.24) is 4.90 Å². The van der Waals surface area contributed by atoms with E-state index >= 15 is 0 Å². The standard InChI is InChI=1S/C12H13FN2O4/c1-2-5-14(6-7-16)12(17)10-4-3-9(15(18)19)8-11(10)13/h2-4,8,16H,1,5-7H2. The van der Waals surface area contributed by atoms with Crippen molar-refractivity contribution in [3.8, 4) is 0 Å². The quantitative estimate of drug-likeness (QED) is 0.479. The van der Waals surface area contributed by atoms with Crippen molar-refractivity contribution >= 4 is 11.6 Å². The van der Waals surface area contributed by atoms with Gasteiger partial charge in [0.15, 0.2) is 0 Å². The lowest BCUT2D eigenvalue weighted by molar-refractivity contribution is -0.385. The number of carbonyl (C=O) groups is 1. The normalized spacial score (nSPS) is 10.0. The maximum absolute atomic E-state index is 13.7. The van der Waals surface area contributed by atoms with Gasteiger partial charge in [0, 0.05) is 19.2 Å². The lowest BCUT2D eigenvalue weighted by Crippen LogP contribution is -2.34. The van der Waals surface area contributed by atoms with Crippen LogP contribution < -0.4 is 0 Å². The maximum atomic E-state index is 13.7. The number of carbonyl (C=O) groups excluding carboxylic acids is 1. The largest absolute Gasteiger partial charge is 0.395 e. The summed E-state index contributed by atoms with van der Waals surface area (Å²) in [4.78, 5) is 22.9. The average Bonchev–Trinajstić information content (AvgIpc) is 2.37. The molecule has 6 nitrogen and oxygen atoms in total. The average molecular weight is 268 g/mol. The van der Waals surface area contributed by atoms with Crippen LogP contribution in [0, 0.1) is 15.9 Å². The molecule has 1 N–H and O–H groups in total. The second-order valence-electron chi connectivity index (χ2n) is 3.68. The fraction of sp³-hybridized carbons (Fsp3) is 0.250. The lowest BCUT2D eigenvalue weighted by Gasteiger charge is -2.20. The fourth-order valence-electron chi connectivity index (χ4n) is 1.51. The first-order chi connectivity index (χ1) is 9.01. The molecule has 19 heavy (non-hydrogen) atoms. The zero-order valence-corrected chi connectivity index (χ0v) is 10.1. The third-order valence-corrected chi connectivity index (χ3v) is 2.40. The molecule has 0 aliphatic heterocycles. The SMILES string of the molecule is C=CCN(CCO)C(=O)c1ccc([N+](=O)[O-])cc1F. The van der Waals surface area contributed by atoms with E-state index in [2.05, 4.69) is 6.58 Å². The van der Waals surface area contributed by atoms with Crippen molar-refractivity contribution in [2.75, 3.05) is 19.7 Å². The Morgan fingerprint density at radius 3 is 2.74 bits per heavy atom. The molecule has 0 atom stereocenters. The molecule has 0 aliphatic carbocycles. The molecule has 0 aromatic heterocycles. The third-order valence-electron chi connectivity index (χ3n) is 2.40. The van der Waals surface area contributed by atoms with E-state index in [4.69, 9.17) is 5.11 Å². The smallest absolute Gasteiger partial charge is 0.272 e. The first-order valence-electron chi connectivity index (χ1n) is 5.46. The summed E-state index contributed by atoms with van der Waals surface area (Å²) in [5.41, 5.74) is -0.702. The van der Waals surface area contributed by atoms with E-state index < -0.39 is 22.3 Å². The molecule has 0 fully saturated rings. The highest BCUT2D eigenvalue weighted by Gasteiger charge is 2.20. The molecule has 0 spiro atoms. The number of aliphatic hydroxyl groups is 1. The number of nitro groups is 1. The molecule has 0 unspecified atom stereocenters. The van der Waals surface area contributed by atoms with Crippen LogP contribution >= 0.6 is 0 Å². The summed E-state index contributed by atoms with van der Waals surface area (Å²) in [6.45, 7) is 3.37. The monoisotopic (exact) mass is 268 g/mol. The van der Waals surface area contributed by atoms with Gasteiger partial charge in [-0.3, -0.25) is 14.9 Å². The summed E-state index contributed by atoms with van der Waals surface area (Å²) >= 11 is 0. The predicted octanol–water partition coefficient (Wildman–Crippen LogP) is 1.35. The van der Waals surface area contributed by atoms with E-state index in [1.54, 1.807) is 0 Å². The molecule has 0 heterocycles. The Hall–Kier alpha value is -2.28. The van der Waals surface area contributed by atoms with E-state index in [1.165, 1.54) is 11.0 Å². The summed E-state index contributed by atoms with van der Waals surface area (Å²) in [7, 11) is 0. The van der Waals surface area contributed by atoms with Crippen LogP contribution in [0.5, 0.6) is 0 Å². The van der Waals surface area contributed by atoms with Gasteiger partial charge in [0.05, 0.1) is 23.2 Å². The predicted molar refractivity (Wildman–Crippen MR) is 66.2 cm³/mol. The molecule has 0 aliphatic rings. The van der Waals surface area contributed by atoms with Gasteiger partial charge in [0.25, 0.3) is 11.6 Å². The van der Waals surface area contributed by atoms with Crippen molar-refractivity contribution in [3.05, 3.63) is 52.3 Å². The van der Waals surface area contributed by atoms with Crippen LogP contribution in [0.4, 0.5) is 10.1 Å². The topological polar surface area (TPSA) is 83.7 Å². The van der Waals surface area contributed by atoms with Crippen molar-refractivity contribution < 1.29 is 19.2 Å². The molecule has 0 bridgehead atoms. The van der Waals surface area contributed by atoms with Crippen molar-refractivity contribution in [3.63, 3.8) is 0 Å². The summed E-state index contributed by atoms with van der Waals surface area (Å²) in [5, 5.41) is 19.3. The van der Waals surface area contributed by atoms with Crippen LogP contribution in [0.1, 0.15) is 10.4 Å². The zero-order valence-electron chi connectivity index (χ0n) is 10.1. The van der Waals surface area contributed by atoms with Gasteiger partial charge < -0.3 is 10.0 Å². The number of nitro benzene ring substituents is 1. The van der Waals surface area contributed by atoms with E-state index in [0.29, 0.717) is 6.07 Å². The molecule has 1 aromatic carbocycles. The van der Waals surface area contributed by atoms with Gasteiger partial charge in [-0.15, -0.1) is 6.58 Å². The van der Waals surface area contributed by atoms with Crippen LogP contribution in [0.3, 0.4) is 0 Å². The summed E-state index contributed by atoms with van der Waals surface area (Å²) in [6.07, 6.45) is 1.44. The molecule has 102 valence electrons. The Morgan fingerprint density at radius 1 is 1.58 bits per heavy atom. The number of benzene rings is 1. The minimum atomic E-state index is -0.966. The number of aliphatic hydroxyl groups excluding tert-OH is 1. The first kappa shape index (κ1) is 14.8. The number of halogens is 1. The second kappa shape index (κ2) is 6.60. The van der Waals surface area contributed by atoms with Crippen LogP contribution in [-0.4, -0.2) is 40.5 Å². The van der Waals surface area contributed by atoms with Gasteiger partial charge in [0.2, 0.25) is 0 Å². The Morgan fingerprint density at radius 2 is 2.26 bits per heavy atom. The highest BCUT2D eigenvalue weighted by atomic mass is 19.1. The molecule has 0 saturated carbocycles. The molecule has 0 radical (unpaired) electrons. The third kappa shape index (κ3) is 3.59. The van der Waals surface area contributed by atoms with Crippen LogP contribution in [0.2, 0.25) is 0 Å². The Balaban J connectivity index is 3.04. The van der Waals surface area contributed by atoms with Crippen molar-refractivity contribution in [2.24, 2.45) is 0 Å². The number of nitrogens with zero attached hydrogens (tertiary/aromatic N) is 2. The van der Waals surface area contributed by atoms with Crippen LogP contribution in [0.25, 0.3) is 0 Å². The number of rotatable bonds is 6. The number of non-ortho nitro benzene ring substituents is 1. The molecular formula is C12H13FN2O4. The summed E-state index contributed by atoms with van der Waals surface area (Å²) in [6, 6.07) is 2.81. The highest BCUT2D eigenvalue weighted by Crippen LogP contribution is 2.18. The van der Waals surface area contributed by atoms with Crippen molar-refractivity contribution in [2.45, 2.75) is 0 Å². The van der Waals surface area contributed by atoms with Crippen LogP contribution in [0.15, 0.2) is 30.9 Å². The van der Waals surface area contributed by atoms with Gasteiger partial charge in [-0.05, 0) is 6.07 Å². The Bertz CT molecular complexity index is 505. The first-order valence-corrected chi connectivity index (χ1v) is 5.46. The minimum absolute atomic E-state index is 0.0290.